The molecule has 1 heterocycles. The van der Waals surface area contributed by atoms with Crippen molar-refractivity contribution in [2.24, 2.45) is 0 Å². The molecule has 148 valence electrons. The fourth-order valence-electron chi connectivity index (χ4n) is 3.03. The highest BCUT2D eigenvalue weighted by Gasteiger charge is 2.23. The Morgan fingerprint density at radius 1 is 1.11 bits per heavy atom. The first-order valence-electron chi connectivity index (χ1n) is 9.08. The highest BCUT2D eigenvalue weighted by Crippen LogP contribution is 2.14. The van der Waals surface area contributed by atoms with Crippen LogP contribution in [0.2, 0.25) is 0 Å². The van der Waals surface area contributed by atoms with E-state index in [1.54, 1.807) is 0 Å². The van der Waals surface area contributed by atoms with Gasteiger partial charge in [0.1, 0.15) is 0 Å². The maximum absolute atomic E-state index is 13.4. The molecule has 0 aromatic heterocycles. The van der Waals surface area contributed by atoms with Crippen LogP contribution in [0.5, 0.6) is 0 Å². The van der Waals surface area contributed by atoms with E-state index in [1.165, 1.54) is 15.9 Å². The summed E-state index contributed by atoms with van der Waals surface area (Å²) in [5.74, 6) is -3.59. The summed E-state index contributed by atoms with van der Waals surface area (Å²) >= 11 is 0. The van der Waals surface area contributed by atoms with Crippen LogP contribution >= 0.6 is 0 Å². The van der Waals surface area contributed by atoms with Crippen molar-refractivity contribution in [3.63, 3.8) is 0 Å². The Morgan fingerprint density at radius 2 is 1.85 bits per heavy atom. The van der Waals surface area contributed by atoms with E-state index in [-0.39, 0.29) is 32.0 Å². The summed E-state index contributed by atoms with van der Waals surface area (Å²) in [7, 11) is 0. The third-order valence-corrected chi connectivity index (χ3v) is 4.55. The predicted octanol–water partition coefficient (Wildman–Crippen LogP) is 2.56. The first kappa shape index (κ1) is 20.8. The molecule has 27 heavy (non-hydrogen) atoms. The molecule has 0 radical (unpaired) electrons. The number of likely N-dealkylation sites (tertiary alicyclic amines) is 1. The molecule has 0 aliphatic carbocycles. The Balaban J connectivity index is 2.08. The Morgan fingerprint density at radius 3 is 2.56 bits per heavy atom. The summed E-state index contributed by atoms with van der Waals surface area (Å²) in [5.41, 5.74) is 0.353. The van der Waals surface area contributed by atoms with Gasteiger partial charge < -0.3 is 14.9 Å². The van der Waals surface area contributed by atoms with Crippen LogP contribution in [0, 0.1) is 11.6 Å². The summed E-state index contributed by atoms with van der Waals surface area (Å²) in [6, 6.07) is 3.30. The van der Waals surface area contributed by atoms with Gasteiger partial charge in [0.25, 0.3) is 0 Å². The van der Waals surface area contributed by atoms with Gasteiger partial charge in [-0.05, 0) is 30.5 Å². The SMILES string of the molecule is O=C(O)CCN(Cc1ccc(F)c(F)c1)C(=O)CN1CCCCCCC1=O. The van der Waals surface area contributed by atoms with Crippen molar-refractivity contribution in [1.82, 2.24) is 9.80 Å². The lowest BCUT2D eigenvalue weighted by atomic mass is 10.1. The van der Waals surface area contributed by atoms with Crippen LogP contribution in [0.25, 0.3) is 0 Å². The van der Waals surface area contributed by atoms with Crippen LogP contribution in [-0.2, 0) is 20.9 Å². The first-order chi connectivity index (χ1) is 12.9. The fraction of sp³-hybridized carbons (Fsp3) is 0.526. The number of carboxylic acids is 1. The minimum absolute atomic E-state index is 0.0503. The zero-order chi connectivity index (χ0) is 19.8. The smallest absolute Gasteiger partial charge is 0.305 e. The first-order valence-corrected chi connectivity index (χ1v) is 9.08. The Hall–Kier alpha value is -2.51. The standard InChI is InChI=1S/C19H24F2N2O4/c20-15-7-6-14(11-16(15)21)12-23(10-8-19(26)27)18(25)13-22-9-4-2-1-3-5-17(22)24/h6-7,11H,1-5,8-10,12-13H2,(H,26,27). The topological polar surface area (TPSA) is 77.9 Å². The maximum atomic E-state index is 13.4. The number of benzene rings is 1. The van der Waals surface area contributed by atoms with Crippen molar-refractivity contribution in [2.45, 2.75) is 45.1 Å². The van der Waals surface area contributed by atoms with Crippen molar-refractivity contribution >= 4 is 17.8 Å². The van der Waals surface area contributed by atoms with Gasteiger partial charge in [0.05, 0.1) is 13.0 Å². The fourth-order valence-corrected chi connectivity index (χ4v) is 3.03. The molecule has 1 aromatic carbocycles. The Kier molecular flexibility index (Phi) is 7.69. The molecule has 0 atom stereocenters. The van der Waals surface area contributed by atoms with E-state index in [0.717, 1.165) is 37.8 Å². The second-order valence-corrected chi connectivity index (χ2v) is 6.69. The van der Waals surface area contributed by atoms with Crippen molar-refractivity contribution in [3.8, 4) is 0 Å². The van der Waals surface area contributed by atoms with Gasteiger partial charge in [-0.15, -0.1) is 0 Å². The third kappa shape index (κ3) is 6.62. The van der Waals surface area contributed by atoms with Gasteiger partial charge in [0.2, 0.25) is 11.8 Å². The molecule has 0 spiro atoms. The van der Waals surface area contributed by atoms with Crippen LogP contribution in [0.4, 0.5) is 8.78 Å². The number of carbonyl (C=O) groups excluding carboxylic acids is 2. The van der Waals surface area contributed by atoms with E-state index in [9.17, 15) is 23.2 Å². The molecule has 1 aliphatic heterocycles. The van der Waals surface area contributed by atoms with E-state index in [1.807, 2.05) is 0 Å². The van der Waals surface area contributed by atoms with Gasteiger partial charge in [-0.1, -0.05) is 18.9 Å². The van der Waals surface area contributed by atoms with Gasteiger partial charge >= 0.3 is 5.97 Å². The highest BCUT2D eigenvalue weighted by atomic mass is 19.2. The predicted molar refractivity (Wildman–Crippen MR) is 93.7 cm³/mol. The number of rotatable bonds is 7. The van der Waals surface area contributed by atoms with Gasteiger partial charge in [-0.3, -0.25) is 14.4 Å². The zero-order valence-electron chi connectivity index (χ0n) is 15.1. The molecular weight excluding hydrogens is 358 g/mol. The summed E-state index contributed by atoms with van der Waals surface area (Å²) in [6.07, 6.45) is 3.72. The second kappa shape index (κ2) is 9.99. The zero-order valence-corrected chi connectivity index (χ0v) is 15.1. The molecule has 6 nitrogen and oxygen atoms in total. The molecule has 1 aromatic rings. The number of carbonyl (C=O) groups is 3. The molecule has 1 aliphatic rings. The van der Waals surface area contributed by atoms with Crippen LogP contribution in [0.15, 0.2) is 18.2 Å². The van der Waals surface area contributed by atoms with E-state index in [4.69, 9.17) is 5.11 Å². The number of nitrogens with zero attached hydrogens (tertiary/aromatic N) is 2. The summed E-state index contributed by atoms with van der Waals surface area (Å²) < 4.78 is 26.5. The van der Waals surface area contributed by atoms with Crippen molar-refractivity contribution in [2.75, 3.05) is 19.6 Å². The molecule has 8 heteroatoms. The molecular formula is C19H24F2N2O4. The molecule has 2 amide bonds. The summed E-state index contributed by atoms with van der Waals surface area (Å²) in [6.45, 7) is 0.227. The molecule has 0 unspecified atom stereocenters. The average Bonchev–Trinajstić information content (AvgIpc) is 2.61. The van der Waals surface area contributed by atoms with Crippen molar-refractivity contribution in [3.05, 3.63) is 35.4 Å². The number of hydrogen-bond acceptors (Lipinski definition) is 3. The van der Waals surface area contributed by atoms with Gasteiger partial charge in [-0.25, -0.2) is 8.78 Å². The minimum Gasteiger partial charge on any atom is -0.481 e. The Bertz CT molecular complexity index is 696. The van der Waals surface area contributed by atoms with Crippen molar-refractivity contribution in [1.29, 1.82) is 0 Å². The third-order valence-electron chi connectivity index (χ3n) is 4.55. The van der Waals surface area contributed by atoms with Crippen LogP contribution in [-0.4, -0.2) is 52.3 Å². The number of carboxylic acid groups (broad SMARTS) is 1. The van der Waals surface area contributed by atoms with E-state index in [2.05, 4.69) is 0 Å². The normalized spacial score (nSPS) is 15.2. The number of hydrogen-bond donors (Lipinski definition) is 1. The quantitative estimate of drug-likeness (QED) is 0.786. The molecule has 0 saturated carbocycles. The number of aliphatic carboxylic acids is 1. The largest absolute Gasteiger partial charge is 0.481 e. The molecule has 1 fully saturated rings. The van der Waals surface area contributed by atoms with Crippen LogP contribution in [0.1, 0.15) is 44.1 Å². The average molecular weight is 382 g/mol. The van der Waals surface area contributed by atoms with E-state index in [0.29, 0.717) is 18.5 Å². The van der Waals surface area contributed by atoms with Crippen LogP contribution < -0.4 is 0 Å². The van der Waals surface area contributed by atoms with Gasteiger partial charge in [-0.2, -0.15) is 0 Å². The molecule has 1 N–H and O–H groups in total. The monoisotopic (exact) mass is 382 g/mol. The lowest BCUT2D eigenvalue weighted by Crippen LogP contribution is -2.44. The van der Waals surface area contributed by atoms with E-state index < -0.39 is 23.5 Å². The minimum atomic E-state index is -1.07. The molecule has 1 saturated heterocycles. The molecule has 2 rings (SSSR count). The lowest BCUT2D eigenvalue weighted by molar-refractivity contribution is -0.143. The highest BCUT2D eigenvalue weighted by molar-refractivity contribution is 5.85. The molecule has 0 bridgehead atoms. The number of halogens is 2. The second-order valence-electron chi connectivity index (χ2n) is 6.69. The van der Waals surface area contributed by atoms with Crippen molar-refractivity contribution < 1.29 is 28.3 Å². The van der Waals surface area contributed by atoms with Crippen LogP contribution in [0.3, 0.4) is 0 Å². The van der Waals surface area contributed by atoms with Gasteiger partial charge in [0.15, 0.2) is 11.6 Å². The summed E-state index contributed by atoms with van der Waals surface area (Å²) in [4.78, 5) is 38.6. The Labute approximate surface area is 156 Å². The number of amides is 2. The maximum Gasteiger partial charge on any atom is 0.305 e. The lowest BCUT2D eigenvalue weighted by Gasteiger charge is -2.28. The van der Waals surface area contributed by atoms with Gasteiger partial charge in [0, 0.05) is 26.1 Å². The summed E-state index contributed by atoms with van der Waals surface area (Å²) in [5, 5.41) is 8.91. The van der Waals surface area contributed by atoms with E-state index >= 15 is 0 Å².